The Morgan fingerprint density at radius 1 is 1.25 bits per heavy atom. The molecule has 0 unspecified atom stereocenters. The van der Waals surface area contributed by atoms with Gasteiger partial charge in [0.25, 0.3) is 5.91 Å². The van der Waals surface area contributed by atoms with Gasteiger partial charge in [-0.3, -0.25) is 4.79 Å². The third-order valence-electron chi connectivity index (χ3n) is 2.51. The van der Waals surface area contributed by atoms with Crippen LogP contribution in [0, 0.1) is 11.3 Å². The molecule has 2 aromatic carbocycles. The van der Waals surface area contributed by atoms with Crippen molar-refractivity contribution < 1.29 is 4.79 Å². The zero-order valence-corrected chi connectivity index (χ0v) is 12.0. The van der Waals surface area contributed by atoms with Gasteiger partial charge in [-0.1, -0.05) is 34.1 Å². The molecule has 0 spiro atoms. The van der Waals surface area contributed by atoms with Crippen molar-refractivity contribution in [2.24, 2.45) is 5.10 Å². The molecule has 0 heterocycles. The molecule has 0 aromatic heterocycles. The Labute approximate surface area is 124 Å². The summed E-state index contributed by atoms with van der Waals surface area (Å²) in [6.07, 6.45) is 1.52. The summed E-state index contributed by atoms with van der Waals surface area (Å²) in [5, 5.41) is 12.6. The summed E-state index contributed by atoms with van der Waals surface area (Å²) in [7, 11) is 0. The topological polar surface area (TPSA) is 65.2 Å². The summed E-state index contributed by atoms with van der Waals surface area (Å²) in [6.45, 7) is 0. The van der Waals surface area contributed by atoms with Crippen LogP contribution < -0.4 is 5.43 Å². The second-order valence-corrected chi connectivity index (χ2v) is 4.86. The highest BCUT2D eigenvalue weighted by atomic mass is 79.9. The van der Waals surface area contributed by atoms with Crippen LogP contribution in [0.5, 0.6) is 0 Å². The lowest BCUT2D eigenvalue weighted by Gasteiger charge is -2.00. The van der Waals surface area contributed by atoms with Crippen molar-refractivity contribution in [3.05, 3.63) is 69.7 Å². The zero-order chi connectivity index (χ0) is 14.4. The minimum absolute atomic E-state index is 0.281. The number of hydrogen-bond donors (Lipinski definition) is 1. The standard InChI is InChI=1S/C15H10BrN3O/c16-14-3-1-2-13(8-14)15(20)19-18-10-12-6-4-11(9-17)5-7-12/h1-8,10H,(H,19,20)/b18-10+. The molecule has 0 radical (unpaired) electrons. The molecule has 0 aliphatic heterocycles. The minimum atomic E-state index is -0.281. The third-order valence-corrected chi connectivity index (χ3v) is 3.00. The lowest BCUT2D eigenvalue weighted by molar-refractivity contribution is 0.0955. The smallest absolute Gasteiger partial charge is 0.267 e. The van der Waals surface area contributed by atoms with Crippen molar-refractivity contribution in [3.63, 3.8) is 0 Å². The van der Waals surface area contributed by atoms with Crippen LogP contribution in [0.1, 0.15) is 21.5 Å². The molecule has 0 fully saturated rings. The van der Waals surface area contributed by atoms with Gasteiger partial charge in [0.2, 0.25) is 0 Å². The number of nitrogens with zero attached hydrogens (tertiary/aromatic N) is 2. The van der Waals surface area contributed by atoms with Crippen LogP contribution in [-0.4, -0.2) is 12.1 Å². The van der Waals surface area contributed by atoms with Crippen LogP contribution in [0.3, 0.4) is 0 Å². The largest absolute Gasteiger partial charge is 0.271 e. The van der Waals surface area contributed by atoms with E-state index < -0.39 is 0 Å². The van der Waals surface area contributed by atoms with E-state index in [4.69, 9.17) is 5.26 Å². The van der Waals surface area contributed by atoms with Gasteiger partial charge in [-0.25, -0.2) is 5.43 Å². The molecular formula is C15H10BrN3O. The molecule has 1 N–H and O–H groups in total. The second kappa shape index (κ2) is 6.64. The number of nitriles is 1. The van der Waals surface area contributed by atoms with E-state index in [-0.39, 0.29) is 5.91 Å². The number of carbonyl (C=O) groups excluding carboxylic acids is 1. The molecule has 0 saturated heterocycles. The lowest BCUT2D eigenvalue weighted by atomic mass is 10.2. The van der Waals surface area contributed by atoms with Gasteiger partial charge in [0.05, 0.1) is 17.8 Å². The van der Waals surface area contributed by atoms with E-state index in [0.29, 0.717) is 11.1 Å². The van der Waals surface area contributed by atoms with Crippen LogP contribution in [0.2, 0.25) is 0 Å². The van der Waals surface area contributed by atoms with Crippen LogP contribution in [0.25, 0.3) is 0 Å². The minimum Gasteiger partial charge on any atom is -0.267 e. The maximum atomic E-state index is 11.8. The molecule has 0 bridgehead atoms. The van der Waals surface area contributed by atoms with Gasteiger partial charge in [-0.2, -0.15) is 10.4 Å². The van der Waals surface area contributed by atoms with Gasteiger partial charge in [-0.05, 0) is 35.9 Å². The van der Waals surface area contributed by atoms with E-state index in [2.05, 4.69) is 26.5 Å². The van der Waals surface area contributed by atoms with Crippen LogP contribution >= 0.6 is 15.9 Å². The summed E-state index contributed by atoms with van der Waals surface area (Å²) in [6, 6.07) is 16.0. The highest BCUT2D eigenvalue weighted by Crippen LogP contribution is 2.11. The first-order chi connectivity index (χ1) is 9.69. The number of amides is 1. The van der Waals surface area contributed by atoms with E-state index in [0.717, 1.165) is 10.0 Å². The Morgan fingerprint density at radius 3 is 2.65 bits per heavy atom. The van der Waals surface area contributed by atoms with Crippen molar-refractivity contribution in [3.8, 4) is 6.07 Å². The summed E-state index contributed by atoms with van der Waals surface area (Å²) in [5.41, 5.74) is 4.36. The SMILES string of the molecule is N#Cc1ccc(/C=N/NC(=O)c2cccc(Br)c2)cc1. The molecule has 20 heavy (non-hydrogen) atoms. The first-order valence-corrected chi connectivity index (χ1v) is 6.57. The third kappa shape index (κ3) is 3.77. The first-order valence-electron chi connectivity index (χ1n) is 5.78. The maximum absolute atomic E-state index is 11.8. The molecule has 0 saturated carbocycles. The molecule has 98 valence electrons. The number of carbonyl (C=O) groups is 1. The fourth-order valence-electron chi connectivity index (χ4n) is 1.50. The van der Waals surface area contributed by atoms with Gasteiger partial charge in [-0.15, -0.1) is 0 Å². The van der Waals surface area contributed by atoms with Crippen molar-refractivity contribution in [1.82, 2.24) is 5.43 Å². The molecule has 4 nitrogen and oxygen atoms in total. The molecule has 5 heteroatoms. The summed E-state index contributed by atoms with van der Waals surface area (Å²) < 4.78 is 0.834. The van der Waals surface area contributed by atoms with E-state index in [9.17, 15) is 4.79 Å². The Balaban J connectivity index is 1.99. The van der Waals surface area contributed by atoms with Gasteiger partial charge in [0, 0.05) is 10.0 Å². The molecule has 1 amide bonds. The maximum Gasteiger partial charge on any atom is 0.271 e. The van der Waals surface area contributed by atoms with Crippen molar-refractivity contribution in [1.29, 1.82) is 5.26 Å². The summed E-state index contributed by atoms with van der Waals surface area (Å²) in [5.74, 6) is -0.281. The average molecular weight is 328 g/mol. The van der Waals surface area contributed by atoms with Crippen LogP contribution in [-0.2, 0) is 0 Å². The number of halogens is 1. The van der Waals surface area contributed by atoms with Crippen molar-refractivity contribution in [2.45, 2.75) is 0 Å². The summed E-state index contributed by atoms with van der Waals surface area (Å²) in [4.78, 5) is 11.8. The van der Waals surface area contributed by atoms with Gasteiger partial charge >= 0.3 is 0 Å². The predicted octanol–water partition coefficient (Wildman–Crippen LogP) is 3.08. The monoisotopic (exact) mass is 327 g/mol. The van der Waals surface area contributed by atoms with E-state index >= 15 is 0 Å². The first kappa shape index (κ1) is 14.0. The number of benzene rings is 2. The zero-order valence-electron chi connectivity index (χ0n) is 10.4. The number of hydrogen-bond acceptors (Lipinski definition) is 3. The van der Waals surface area contributed by atoms with Gasteiger partial charge < -0.3 is 0 Å². The van der Waals surface area contributed by atoms with Crippen LogP contribution in [0.15, 0.2) is 58.1 Å². The lowest BCUT2D eigenvalue weighted by Crippen LogP contribution is -2.17. The Bertz CT molecular complexity index is 687. The Kier molecular flexibility index (Phi) is 4.64. The number of nitrogens with one attached hydrogen (secondary N) is 1. The Morgan fingerprint density at radius 2 is 2.00 bits per heavy atom. The molecule has 2 aromatic rings. The quantitative estimate of drug-likeness (QED) is 0.695. The van der Waals surface area contributed by atoms with Gasteiger partial charge in [0.15, 0.2) is 0 Å². The van der Waals surface area contributed by atoms with E-state index in [1.165, 1.54) is 6.21 Å². The molecule has 0 aliphatic carbocycles. The van der Waals surface area contributed by atoms with E-state index in [1.807, 2.05) is 12.1 Å². The van der Waals surface area contributed by atoms with Crippen molar-refractivity contribution >= 4 is 28.1 Å². The second-order valence-electron chi connectivity index (χ2n) is 3.94. The Hall–Kier alpha value is -2.45. The average Bonchev–Trinajstić information content (AvgIpc) is 2.48. The van der Waals surface area contributed by atoms with Gasteiger partial charge in [0.1, 0.15) is 0 Å². The number of hydrazone groups is 1. The number of rotatable bonds is 3. The molecule has 0 atom stereocenters. The predicted molar refractivity (Wildman–Crippen MR) is 80.4 cm³/mol. The fraction of sp³-hybridized carbons (Fsp3) is 0. The molecular weight excluding hydrogens is 318 g/mol. The fourth-order valence-corrected chi connectivity index (χ4v) is 1.90. The van der Waals surface area contributed by atoms with Crippen molar-refractivity contribution in [2.75, 3.05) is 0 Å². The highest BCUT2D eigenvalue weighted by Gasteiger charge is 2.03. The molecule has 0 aliphatic rings. The van der Waals surface area contributed by atoms with Crippen LogP contribution in [0.4, 0.5) is 0 Å². The normalized spacial score (nSPS) is 10.2. The highest BCUT2D eigenvalue weighted by molar-refractivity contribution is 9.10. The van der Waals surface area contributed by atoms with E-state index in [1.54, 1.807) is 42.5 Å². The molecule has 2 rings (SSSR count). The summed E-state index contributed by atoms with van der Waals surface area (Å²) >= 11 is 3.30.